The molecule has 0 aliphatic heterocycles. The van der Waals surface area contributed by atoms with Gasteiger partial charge in [-0.15, -0.1) is 0 Å². The molecule has 1 N–H and O–H groups in total. The van der Waals surface area contributed by atoms with Crippen LogP contribution in [0.3, 0.4) is 0 Å². The van der Waals surface area contributed by atoms with Crippen LogP contribution >= 0.6 is 0 Å². The lowest BCUT2D eigenvalue weighted by molar-refractivity contribution is 0.308. The van der Waals surface area contributed by atoms with Crippen molar-refractivity contribution < 1.29 is 9.84 Å². The molecule has 1 radical (unpaired) electrons. The third-order valence-electron chi connectivity index (χ3n) is 2.31. The summed E-state index contributed by atoms with van der Waals surface area (Å²) in [5.74, 6) is 0.850. The Morgan fingerprint density at radius 3 is 2.67 bits per heavy atom. The molecule has 0 bridgehead atoms. The van der Waals surface area contributed by atoms with Crippen molar-refractivity contribution in [3.8, 4) is 5.75 Å². The molecule has 0 aliphatic rings. The van der Waals surface area contributed by atoms with Gasteiger partial charge in [0.2, 0.25) is 0 Å². The number of hydrogen-bond donors (Lipinski definition) is 1. The number of aliphatic hydroxyl groups excluding tert-OH is 1. The van der Waals surface area contributed by atoms with E-state index in [1.165, 1.54) is 5.56 Å². The average molecular weight is 207 g/mol. The molecule has 0 amide bonds. The van der Waals surface area contributed by atoms with Gasteiger partial charge in [0, 0.05) is 0 Å². The first kappa shape index (κ1) is 12.1. The Kier molecular flexibility index (Phi) is 5.19. The van der Waals surface area contributed by atoms with Crippen molar-refractivity contribution in [2.75, 3.05) is 6.61 Å². The first-order chi connectivity index (χ1) is 7.30. The molecule has 0 fully saturated rings. The number of aliphatic hydroxyl groups is 1. The summed E-state index contributed by atoms with van der Waals surface area (Å²) in [7, 11) is 0. The molecule has 83 valence electrons. The standard InChI is InChI=1S/C13H19O2/c1-3-5-6-15-13-8-11(4-2)7-12(9-13)10-14/h7-10,14H,3-6H2,1-2H3. The molecule has 0 saturated heterocycles. The van der Waals surface area contributed by atoms with Crippen molar-refractivity contribution in [2.45, 2.75) is 33.1 Å². The second kappa shape index (κ2) is 6.46. The Morgan fingerprint density at radius 1 is 1.27 bits per heavy atom. The minimum atomic E-state index is 0.745. The van der Waals surface area contributed by atoms with Crippen LogP contribution in [-0.2, 0) is 6.42 Å². The van der Waals surface area contributed by atoms with Crippen LogP contribution in [0.25, 0.3) is 0 Å². The van der Waals surface area contributed by atoms with Gasteiger partial charge in [-0.3, -0.25) is 0 Å². The van der Waals surface area contributed by atoms with Crippen LogP contribution < -0.4 is 4.74 Å². The minimum absolute atomic E-state index is 0.745. The molecule has 0 heterocycles. The van der Waals surface area contributed by atoms with Crippen LogP contribution in [0, 0.1) is 6.61 Å². The van der Waals surface area contributed by atoms with Gasteiger partial charge in [0.15, 0.2) is 0 Å². The van der Waals surface area contributed by atoms with Crippen LogP contribution in [0.15, 0.2) is 18.2 Å². The van der Waals surface area contributed by atoms with Gasteiger partial charge in [-0.05, 0) is 36.1 Å². The summed E-state index contributed by atoms with van der Waals surface area (Å²) in [6.07, 6.45) is 3.15. The van der Waals surface area contributed by atoms with E-state index in [0.717, 1.165) is 43.8 Å². The molecule has 1 aromatic carbocycles. The number of rotatable bonds is 6. The highest BCUT2D eigenvalue weighted by Crippen LogP contribution is 2.18. The minimum Gasteiger partial charge on any atom is -0.494 e. The van der Waals surface area contributed by atoms with Gasteiger partial charge in [0.1, 0.15) is 12.4 Å². The fourth-order valence-electron chi connectivity index (χ4n) is 1.38. The molecule has 1 aromatic rings. The second-order valence-corrected chi connectivity index (χ2v) is 3.59. The molecule has 0 aliphatic carbocycles. The Hall–Kier alpha value is -1.02. The van der Waals surface area contributed by atoms with E-state index in [-0.39, 0.29) is 0 Å². The Labute approximate surface area is 91.9 Å². The predicted molar refractivity (Wildman–Crippen MR) is 61.6 cm³/mol. The van der Waals surface area contributed by atoms with Crippen molar-refractivity contribution in [1.29, 1.82) is 0 Å². The predicted octanol–water partition coefficient (Wildman–Crippen LogP) is 3.31. The van der Waals surface area contributed by atoms with Crippen molar-refractivity contribution in [1.82, 2.24) is 0 Å². The Bertz CT molecular complexity index is 272. The summed E-state index contributed by atoms with van der Waals surface area (Å²) in [5.41, 5.74) is 1.99. The van der Waals surface area contributed by atoms with Gasteiger partial charge >= 0.3 is 0 Å². The van der Waals surface area contributed by atoms with Crippen molar-refractivity contribution in [3.05, 3.63) is 35.9 Å². The number of unbranched alkanes of at least 4 members (excludes halogenated alkanes) is 1. The highest BCUT2D eigenvalue weighted by Gasteiger charge is 2.00. The lowest BCUT2D eigenvalue weighted by Crippen LogP contribution is -1.98. The fraction of sp³-hybridized carbons (Fsp3) is 0.462. The van der Waals surface area contributed by atoms with E-state index in [4.69, 9.17) is 9.84 Å². The summed E-state index contributed by atoms with van der Waals surface area (Å²) in [6.45, 7) is 6.09. The van der Waals surface area contributed by atoms with Gasteiger partial charge in [-0.1, -0.05) is 26.3 Å². The normalized spacial score (nSPS) is 10.3. The molecule has 2 heteroatoms. The summed E-state index contributed by atoms with van der Waals surface area (Å²) in [6, 6.07) is 5.85. The molecular weight excluding hydrogens is 188 g/mol. The Morgan fingerprint density at radius 2 is 2.07 bits per heavy atom. The lowest BCUT2D eigenvalue weighted by atomic mass is 10.1. The highest BCUT2D eigenvalue weighted by atomic mass is 16.5. The summed E-state index contributed by atoms with van der Waals surface area (Å²) in [5, 5.41) is 8.97. The number of ether oxygens (including phenoxy) is 1. The quantitative estimate of drug-likeness (QED) is 0.725. The third kappa shape index (κ3) is 3.92. The second-order valence-electron chi connectivity index (χ2n) is 3.59. The van der Waals surface area contributed by atoms with Crippen LogP contribution in [0.2, 0.25) is 0 Å². The highest BCUT2D eigenvalue weighted by molar-refractivity contribution is 5.36. The monoisotopic (exact) mass is 207 g/mol. The maximum Gasteiger partial charge on any atom is 0.119 e. The molecular formula is C13H19O2. The summed E-state index contributed by atoms with van der Waals surface area (Å²) in [4.78, 5) is 0. The molecule has 0 aromatic heterocycles. The van der Waals surface area contributed by atoms with Gasteiger partial charge in [-0.2, -0.15) is 0 Å². The fourth-order valence-corrected chi connectivity index (χ4v) is 1.38. The first-order valence-corrected chi connectivity index (χ1v) is 5.54. The number of hydrogen-bond acceptors (Lipinski definition) is 2. The lowest BCUT2D eigenvalue weighted by Gasteiger charge is -2.08. The topological polar surface area (TPSA) is 29.5 Å². The number of benzene rings is 1. The zero-order valence-electron chi connectivity index (χ0n) is 9.49. The summed E-state index contributed by atoms with van der Waals surface area (Å²) < 4.78 is 5.60. The van der Waals surface area contributed by atoms with E-state index in [0.29, 0.717) is 0 Å². The van der Waals surface area contributed by atoms with Gasteiger partial charge in [0.05, 0.1) is 6.61 Å². The van der Waals surface area contributed by atoms with Crippen molar-refractivity contribution in [2.24, 2.45) is 0 Å². The maximum absolute atomic E-state index is 8.97. The molecule has 0 unspecified atom stereocenters. The van der Waals surface area contributed by atoms with Crippen LogP contribution in [0.1, 0.15) is 37.8 Å². The van der Waals surface area contributed by atoms with Gasteiger partial charge in [0.25, 0.3) is 0 Å². The van der Waals surface area contributed by atoms with E-state index in [1.807, 2.05) is 18.2 Å². The molecule has 0 atom stereocenters. The zero-order chi connectivity index (χ0) is 11.1. The molecule has 0 saturated carbocycles. The Balaban J connectivity index is 2.68. The van der Waals surface area contributed by atoms with Crippen LogP contribution in [0.5, 0.6) is 5.75 Å². The van der Waals surface area contributed by atoms with E-state index >= 15 is 0 Å². The molecule has 2 nitrogen and oxygen atoms in total. The first-order valence-electron chi connectivity index (χ1n) is 5.54. The van der Waals surface area contributed by atoms with Crippen molar-refractivity contribution >= 4 is 0 Å². The molecule has 1 rings (SSSR count). The molecule has 0 spiro atoms. The van der Waals surface area contributed by atoms with E-state index in [2.05, 4.69) is 13.8 Å². The van der Waals surface area contributed by atoms with Crippen molar-refractivity contribution in [3.63, 3.8) is 0 Å². The molecule has 15 heavy (non-hydrogen) atoms. The van der Waals surface area contributed by atoms with Crippen LogP contribution in [0.4, 0.5) is 0 Å². The van der Waals surface area contributed by atoms with E-state index < -0.39 is 0 Å². The smallest absolute Gasteiger partial charge is 0.119 e. The van der Waals surface area contributed by atoms with E-state index in [9.17, 15) is 0 Å². The summed E-state index contributed by atoms with van der Waals surface area (Å²) >= 11 is 0. The SMILES string of the molecule is CCCCOc1cc([CH]O)cc(CC)c1. The zero-order valence-corrected chi connectivity index (χ0v) is 9.49. The van der Waals surface area contributed by atoms with Gasteiger partial charge < -0.3 is 9.84 Å². The maximum atomic E-state index is 8.97. The number of aryl methyl sites for hydroxylation is 1. The van der Waals surface area contributed by atoms with E-state index in [1.54, 1.807) is 0 Å². The van der Waals surface area contributed by atoms with Gasteiger partial charge in [-0.25, -0.2) is 0 Å². The third-order valence-corrected chi connectivity index (χ3v) is 2.31. The average Bonchev–Trinajstić information content (AvgIpc) is 2.29. The van der Waals surface area contributed by atoms with Crippen LogP contribution in [-0.4, -0.2) is 11.7 Å². The largest absolute Gasteiger partial charge is 0.494 e.